The fourth-order valence-electron chi connectivity index (χ4n) is 10.1. The first-order valence-corrected chi connectivity index (χ1v) is 23.1. The molecular formula is C64H44N4OPt-2. The van der Waals surface area contributed by atoms with E-state index in [1.165, 1.54) is 5.56 Å². The van der Waals surface area contributed by atoms with Crippen LogP contribution in [0.1, 0.15) is 33.2 Å². The molecule has 13 rings (SSSR count). The van der Waals surface area contributed by atoms with Crippen molar-refractivity contribution in [2.45, 2.75) is 26.2 Å². The van der Waals surface area contributed by atoms with Gasteiger partial charge in [-0.1, -0.05) is 184 Å². The van der Waals surface area contributed by atoms with Crippen LogP contribution in [0.5, 0.6) is 11.5 Å². The molecule has 1 aliphatic rings. The third-order valence-electron chi connectivity index (χ3n) is 13.3. The van der Waals surface area contributed by atoms with Crippen molar-refractivity contribution in [3.05, 3.63) is 236 Å². The van der Waals surface area contributed by atoms with Gasteiger partial charge in [-0.25, -0.2) is 4.98 Å². The summed E-state index contributed by atoms with van der Waals surface area (Å²) in [5, 5.41) is 2.11. The molecule has 6 heteroatoms. The van der Waals surface area contributed by atoms with Crippen molar-refractivity contribution in [3.63, 3.8) is 0 Å². The largest absolute Gasteiger partial charge is 0.510 e. The van der Waals surface area contributed by atoms with E-state index < -0.39 is 18.1 Å². The molecule has 12 aromatic rings. The van der Waals surface area contributed by atoms with Crippen LogP contribution in [0.25, 0.3) is 106 Å². The van der Waals surface area contributed by atoms with Crippen LogP contribution < -0.4 is 9.30 Å². The SMILES string of the molecule is [2H]c1c([2H])c([2H])c(-c2ccc3c(c2-[n+]2[c-]n(-c4[c-]c(Oc5[c-]c6c(cc5)c5ccccc5n6-c5cc(C(C)(C)C)ccn5)ccc4)c4ccccc42)-c2ccccc2-c2ccccc2-c2ccccc2-3)c([2H])c1[2H].[Pt]. The van der Waals surface area contributed by atoms with E-state index in [9.17, 15) is 2.74 Å². The Morgan fingerprint density at radius 3 is 1.90 bits per heavy atom. The molecule has 0 atom stereocenters. The molecule has 70 heavy (non-hydrogen) atoms. The van der Waals surface area contributed by atoms with Gasteiger partial charge in [-0.05, 0) is 90.3 Å². The summed E-state index contributed by atoms with van der Waals surface area (Å²) in [5.41, 5.74) is 14.1. The molecular weight excluding hydrogens is 1040 g/mol. The molecule has 0 bridgehead atoms. The number of nitrogens with zero attached hydrogens (tertiary/aromatic N) is 4. The van der Waals surface area contributed by atoms with Gasteiger partial charge in [0.15, 0.2) is 0 Å². The van der Waals surface area contributed by atoms with Crippen LogP contribution in [0.2, 0.25) is 0 Å². The molecule has 0 amide bonds. The third kappa shape index (κ3) is 7.11. The van der Waals surface area contributed by atoms with Gasteiger partial charge in [0.05, 0.1) is 23.6 Å². The number of benzene rings is 9. The average Bonchev–Trinajstić information content (AvgIpc) is 3.98. The maximum atomic E-state index is 9.36. The molecule has 0 unspecified atom stereocenters. The van der Waals surface area contributed by atoms with Gasteiger partial charge in [0, 0.05) is 49.8 Å². The molecule has 338 valence electrons. The predicted molar refractivity (Wildman–Crippen MR) is 279 cm³/mol. The van der Waals surface area contributed by atoms with E-state index in [2.05, 4.69) is 129 Å². The Labute approximate surface area is 428 Å². The normalized spacial score (nSPS) is 12.8. The zero-order chi connectivity index (χ0) is 50.6. The number of pyridine rings is 1. The van der Waals surface area contributed by atoms with Crippen molar-refractivity contribution >= 4 is 32.8 Å². The van der Waals surface area contributed by atoms with Gasteiger partial charge in [-0.2, -0.15) is 18.2 Å². The Balaban J connectivity index is 0.00000569. The summed E-state index contributed by atoms with van der Waals surface area (Å²) < 4.78 is 57.7. The molecule has 3 heterocycles. The summed E-state index contributed by atoms with van der Waals surface area (Å²) >= 11 is 0. The number of hydrogen-bond acceptors (Lipinski definition) is 2. The van der Waals surface area contributed by atoms with Crippen molar-refractivity contribution in [1.82, 2.24) is 14.1 Å². The maximum absolute atomic E-state index is 9.36. The second-order valence-corrected chi connectivity index (χ2v) is 18.4. The number of imidazole rings is 1. The zero-order valence-corrected chi connectivity index (χ0v) is 40.6. The van der Waals surface area contributed by atoms with Crippen LogP contribution in [0.3, 0.4) is 0 Å². The Hall–Kier alpha value is -8.11. The van der Waals surface area contributed by atoms with Gasteiger partial charge in [0.25, 0.3) is 6.33 Å². The number of rotatable bonds is 6. The Kier molecular flexibility index (Phi) is 9.26. The molecule has 5 nitrogen and oxygen atoms in total. The van der Waals surface area contributed by atoms with Gasteiger partial charge < -0.3 is 13.9 Å². The van der Waals surface area contributed by atoms with Crippen molar-refractivity contribution in [2.24, 2.45) is 0 Å². The first-order valence-electron chi connectivity index (χ1n) is 25.6. The monoisotopic (exact) mass is 1080 g/mol. The van der Waals surface area contributed by atoms with E-state index in [4.69, 9.17) is 13.8 Å². The van der Waals surface area contributed by atoms with E-state index in [1.807, 2.05) is 106 Å². The summed E-state index contributed by atoms with van der Waals surface area (Å²) in [4.78, 5) is 4.85. The van der Waals surface area contributed by atoms with Gasteiger partial charge in [-0.3, -0.25) is 4.57 Å². The van der Waals surface area contributed by atoms with E-state index in [0.717, 1.165) is 83.2 Å². The van der Waals surface area contributed by atoms with Crippen LogP contribution in [0.4, 0.5) is 0 Å². The summed E-state index contributed by atoms with van der Waals surface area (Å²) in [5.74, 6) is 1.76. The third-order valence-corrected chi connectivity index (χ3v) is 13.3. The fraction of sp³-hybridized carbons (Fsp3) is 0.0625. The second-order valence-electron chi connectivity index (χ2n) is 18.4. The molecule has 0 saturated heterocycles. The van der Waals surface area contributed by atoms with Crippen LogP contribution in [-0.4, -0.2) is 14.1 Å². The van der Waals surface area contributed by atoms with E-state index in [0.29, 0.717) is 28.4 Å². The standard InChI is InChI=1S/C64H44N4O.Pt/c1-64(2,3)43-36-37-65-61(38-43)68-57-29-14-13-27-53(57)54-33-32-46(40-60(54)68)69-45-21-17-20-44(39-45)66-41-67(59-31-16-15-30-58(59)66)63-47(42-18-5-4-6-19-42)34-35-56-52-26-10-9-24-50(52)48-22-7-8-23-49(48)51-25-11-12-28-55(51)62(56)63;/h4-38H,1-3H3;/q-2;/i4D,5D,6D,18D,19D;. The minimum absolute atomic E-state index is 0. The van der Waals surface area contributed by atoms with E-state index >= 15 is 0 Å². The van der Waals surface area contributed by atoms with E-state index in [1.54, 1.807) is 0 Å². The topological polar surface area (TPSA) is 35.9 Å². The summed E-state index contributed by atoms with van der Waals surface area (Å²) in [7, 11) is 0. The Morgan fingerprint density at radius 1 is 0.557 bits per heavy atom. The predicted octanol–water partition coefficient (Wildman–Crippen LogP) is 15.5. The number of para-hydroxylation sites is 3. The van der Waals surface area contributed by atoms with Gasteiger partial charge in [0.2, 0.25) is 0 Å². The van der Waals surface area contributed by atoms with Gasteiger partial charge in [-0.15, -0.1) is 29.7 Å². The molecule has 0 radical (unpaired) electrons. The maximum Gasteiger partial charge on any atom is 0.268 e. The molecule has 0 saturated carbocycles. The average molecular weight is 1090 g/mol. The first kappa shape index (κ1) is 37.8. The molecule has 3 aromatic heterocycles. The number of fused-ring (bicyclic) bond motifs is 12. The minimum Gasteiger partial charge on any atom is -0.510 e. The van der Waals surface area contributed by atoms with Crippen LogP contribution in [0.15, 0.2) is 212 Å². The smallest absolute Gasteiger partial charge is 0.268 e. The number of hydrogen-bond donors (Lipinski definition) is 0. The fourth-order valence-corrected chi connectivity index (χ4v) is 10.1. The molecule has 1 aliphatic carbocycles. The van der Waals surface area contributed by atoms with Crippen LogP contribution in [0, 0.1) is 18.5 Å². The molecule has 0 aliphatic heterocycles. The molecule has 0 spiro atoms. The van der Waals surface area contributed by atoms with Crippen molar-refractivity contribution < 1.29 is 37.2 Å². The van der Waals surface area contributed by atoms with Gasteiger partial charge in [0.1, 0.15) is 5.82 Å². The molecule has 0 fully saturated rings. The van der Waals surface area contributed by atoms with Crippen molar-refractivity contribution in [2.75, 3.05) is 0 Å². The Bertz CT molecular complexity index is 4270. The Morgan fingerprint density at radius 2 is 1.17 bits per heavy atom. The van der Waals surface area contributed by atoms with E-state index in [-0.39, 0.29) is 44.1 Å². The quantitative estimate of drug-likeness (QED) is 0.123. The zero-order valence-electron chi connectivity index (χ0n) is 43.3. The number of ether oxygens (including phenoxy) is 1. The minimum atomic E-state index is -0.455. The summed E-state index contributed by atoms with van der Waals surface area (Å²) in [6.45, 7) is 6.60. The first-order chi connectivity index (χ1) is 35.9. The molecule has 0 N–H and O–H groups in total. The van der Waals surface area contributed by atoms with Crippen molar-refractivity contribution in [3.8, 4) is 84.3 Å². The second kappa shape index (κ2) is 17.1. The number of aromatic nitrogens is 4. The van der Waals surface area contributed by atoms with Crippen molar-refractivity contribution in [1.29, 1.82) is 0 Å². The van der Waals surface area contributed by atoms with Gasteiger partial charge >= 0.3 is 0 Å². The van der Waals surface area contributed by atoms with Crippen LogP contribution in [-0.2, 0) is 26.5 Å². The van der Waals surface area contributed by atoms with Crippen LogP contribution >= 0.6 is 0 Å². The summed E-state index contributed by atoms with van der Waals surface area (Å²) in [6, 6.07) is 64.5. The summed E-state index contributed by atoms with van der Waals surface area (Å²) in [6.07, 6.45) is 5.58. The molecule has 9 aromatic carbocycles.